The van der Waals surface area contributed by atoms with Gasteiger partial charge in [-0.2, -0.15) is 0 Å². The fourth-order valence-electron chi connectivity index (χ4n) is 1.96. The van der Waals surface area contributed by atoms with Crippen molar-refractivity contribution < 1.29 is 9.90 Å². The van der Waals surface area contributed by atoms with Gasteiger partial charge in [-0.15, -0.1) is 0 Å². The largest absolute Gasteiger partial charge is 0.396 e. The summed E-state index contributed by atoms with van der Waals surface area (Å²) in [6.45, 7) is 4.16. The Kier molecular flexibility index (Phi) is 2.66. The molecule has 2 nitrogen and oxygen atoms in total. The Labute approximate surface area is 67.6 Å². The number of rotatable bonds is 1. The summed E-state index contributed by atoms with van der Waals surface area (Å²) in [6, 6.07) is 0. The number of aliphatic hydroxyl groups excluding tert-OH is 1. The summed E-state index contributed by atoms with van der Waals surface area (Å²) in [5.41, 5.74) is 0. The molecule has 0 bridgehead atoms. The Balaban J connectivity index is 2.54. The molecule has 2 unspecified atom stereocenters. The molecule has 1 fully saturated rings. The maximum atomic E-state index is 11.3. The Morgan fingerprint density at radius 2 is 1.82 bits per heavy atom. The Hall–Kier alpha value is -0.370. The molecule has 1 rings (SSSR count). The van der Waals surface area contributed by atoms with Crippen molar-refractivity contribution in [1.29, 1.82) is 0 Å². The van der Waals surface area contributed by atoms with E-state index in [2.05, 4.69) is 0 Å². The van der Waals surface area contributed by atoms with E-state index in [1.165, 1.54) is 0 Å². The summed E-state index contributed by atoms with van der Waals surface area (Å²) in [5, 5.41) is 8.90. The molecule has 64 valence electrons. The van der Waals surface area contributed by atoms with Crippen LogP contribution in [0.5, 0.6) is 0 Å². The molecule has 11 heavy (non-hydrogen) atoms. The highest BCUT2D eigenvalue weighted by atomic mass is 16.3. The first-order valence-electron chi connectivity index (χ1n) is 4.29. The van der Waals surface area contributed by atoms with Gasteiger partial charge in [-0.25, -0.2) is 0 Å². The minimum Gasteiger partial charge on any atom is -0.396 e. The summed E-state index contributed by atoms with van der Waals surface area (Å²) < 4.78 is 0. The lowest BCUT2D eigenvalue weighted by Gasteiger charge is -2.28. The Bertz CT molecular complexity index is 140. The number of Topliss-reactive ketones (excluding diaryl/α,β-unsaturated/α-hetero) is 1. The van der Waals surface area contributed by atoms with E-state index in [0.29, 0.717) is 11.7 Å². The van der Waals surface area contributed by atoms with E-state index < -0.39 is 0 Å². The zero-order valence-electron chi connectivity index (χ0n) is 7.21. The van der Waals surface area contributed by atoms with Crippen molar-refractivity contribution in [1.82, 2.24) is 0 Å². The van der Waals surface area contributed by atoms with Crippen LogP contribution in [-0.2, 0) is 4.79 Å². The van der Waals surface area contributed by atoms with Crippen LogP contribution in [-0.4, -0.2) is 17.5 Å². The normalized spacial score (nSPS) is 39.2. The fourth-order valence-corrected chi connectivity index (χ4v) is 1.96. The van der Waals surface area contributed by atoms with Gasteiger partial charge in [0.15, 0.2) is 0 Å². The van der Waals surface area contributed by atoms with Gasteiger partial charge >= 0.3 is 0 Å². The van der Waals surface area contributed by atoms with Crippen LogP contribution in [0.1, 0.15) is 26.7 Å². The van der Waals surface area contributed by atoms with Crippen molar-refractivity contribution in [2.45, 2.75) is 26.7 Å². The molecule has 1 aliphatic carbocycles. The second kappa shape index (κ2) is 3.35. The Morgan fingerprint density at radius 1 is 1.36 bits per heavy atom. The second-order valence-corrected chi connectivity index (χ2v) is 3.72. The first-order valence-corrected chi connectivity index (χ1v) is 4.29. The number of ketones is 1. The standard InChI is InChI=1S/C9H16O2/c1-6-3-8(5-10)4-7(2)9(6)11/h6-8,10H,3-5H2,1-2H3. The highest BCUT2D eigenvalue weighted by molar-refractivity contribution is 5.83. The summed E-state index contributed by atoms with van der Waals surface area (Å²) in [7, 11) is 0. The summed E-state index contributed by atoms with van der Waals surface area (Å²) in [4.78, 5) is 11.3. The van der Waals surface area contributed by atoms with E-state index in [9.17, 15) is 4.79 Å². The molecule has 0 aromatic heterocycles. The van der Waals surface area contributed by atoms with E-state index in [4.69, 9.17) is 5.11 Å². The third kappa shape index (κ3) is 1.80. The molecule has 0 aromatic carbocycles. The van der Waals surface area contributed by atoms with Crippen LogP contribution in [0.25, 0.3) is 0 Å². The quantitative estimate of drug-likeness (QED) is 0.620. The molecule has 0 spiro atoms. The van der Waals surface area contributed by atoms with Gasteiger partial charge in [-0.3, -0.25) is 4.79 Å². The molecular formula is C9H16O2. The minimum atomic E-state index is 0.163. The highest BCUT2D eigenvalue weighted by Gasteiger charge is 2.30. The molecule has 0 heterocycles. The monoisotopic (exact) mass is 156 g/mol. The molecule has 0 aliphatic heterocycles. The van der Waals surface area contributed by atoms with E-state index >= 15 is 0 Å². The molecule has 1 aliphatic rings. The lowest BCUT2D eigenvalue weighted by atomic mass is 9.76. The van der Waals surface area contributed by atoms with E-state index in [0.717, 1.165) is 12.8 Å². The molecular weight excluding hydrogens is 140 g/mol. The molecule has 1 saturated carbocycles. The van der Waals surface area contributed by atoms with Crippen LogP contribution in [0.2, 0.25) is 0 Å². The average molecular weight is 156 g/mol. The van der Waals surface area contributed by atoms with Crippen molar-refractivity contribution in [3.63, 3.8) is 0 Å². The van der Waals surface area contributed by atoms with Gasteiger partial charge in [-0.05, 0) is 18.8 Å². The number of aliphatic hydroxyl groups is 1. The third-order valence-corrected chi connectivity index (χ3v) is 2.60. The summed E-state index contributed by atoms with van der Waals surface area (Å²) >= 11 is 0. The van der Waals surface area contributed by atoms with Crippen molar-refractivity contribution in [2.75, 3.05) is 6.61 Å². The lowest BCUT2D eigenvalue weighted by Crippen LogP contribution is -2.31. The fraction of sp³-hybridized carbons (Fsp3) is 0.889. The molecule has 0 radical (unpaired) electrons. The first kappa shape index (κ1) is 8.72. The maximum absolute atomic E-state index is 11.3. The van der Waals surface area contributed by atoms with Gasteiger partial charge < -0.3 is 5.11 Å². The van der Waals surface area contributed by atoms with Crippen molar-refractivity contribution in [3.8, 4) is 0 Å². The van der Waals surface area contributed by atoms with E-state index in [-0.39, 0.29) is 18.4 Å². The molecule has 0 amide bonds. The summed E-state index contributed by atoms with van der Waals surface area (Å²) in [5.74, 6) is 1.05. The van der Waals surface area contributed by atoms with Crippen LogP contribution in [0.15, 0.2) is 0 Å². The molecule has 2 atom stereocenters. The van der Waals surface area contributed by atoms with Crippen molar-refractivity contribution >= 4 is 5.78 Å². The molecule has 0 saturated heterocycles. The maximum Gasteiger partial charge on any atom is 0.138 e. The third-order valence-electron chi connectivity index (χ3n) is 2.60. The number of hydrogen-bond acceptors (Lipinski definition) is 2. The zero-order chi connectivity index (χ0) is 8.43. The van der Waals surface area contributed by atoms with Crippen molar-refractivity contribution in [3.05, 3.63) is 0 Å². The van der Waals surface area contributed by atoms with E-state index in [1.54, 1.807) is 0 Å². The highest BCUT2D eigenvalue weighted by Crippen LogP contribution is 2.29. The van der Waals surface area contributed by atoms with Gasteiger partial charge in [-0.1, -0.05) is 13.8 Å². The first-order chi connectivity index (χ1) is 5.15. The van der Waals surface area contributed by atoms with Crippen LogP contribution < -0.4 is 0 Å². The number of carbonyl (C=O) groups is 1. The predicted octanol–water partition coefficient (Wildman–Crippen LogP) is 1.23. The molecule has 1 N–H and O–H groups in total. The number of carbonyl (C=O) groups excluding carboxylic acids is 1. The molecule has 2 heteroatoms. The average Bonchev–Trinajstić information content (AvgIpc) is 1.99. The molecule has 0 aromatic rings. The Morgan fingerprint density at radius 3 is 2.18 bits per heavy atom. The van der Waals surface area contributed by atoms with Crippen molar-refractivity contribution in [2.24, 2.45) is 17.8 Å². The number of hydrogen-bond donors (Lipinski definition) is 1. The van der Waals surface area contributed by atoms with Gasteiger partial charge in [0.1, 0.15) is 5.78 Å². The van der Waals surface area contributed by atoms with Gasteiger partial charge in [0, 0.05) is 18.4 Å². The zero-order valence-corrected chi connectivity index (χ0v) is 7.21. The second-order valence-electron chi connectivity index (χ2n) is 3.72. The lowest BCUT2D eigenvalue weighted by molar-refractivity contribution is -0.129. The van der Waals surface area contributed by atoms with Gasteiger partial charge in [0.25, 0.3) is 0 Å². The van der Waals surface area contributed by atoms with Crippen LogP contribution in [0.3, 0.4) is 0 Å². The smallest absolute Gasteiger partial charge is 0.138 e. The van der Waals surface area contributed by atoms with Gasteiger partial charge in [0.2, 0.25) is 0 Å². The summed E-state index contributed by atoms with van der Waals surface area (Å²) in [6.07, 6.45) is 1.75. The van der Waals surface area contributed by atoms with E-state index in [1.807, 2.05) is 13.8 Å². The predicted molar refractivity (Wildman–Crippen MR) is 43.1 cm³/mol. The van der Waals surface area contributed by atoms with Crippen LogP contribution in [0.4, 0.5) is 0 Å². The minimum absolute atomic E-state index is 0.163. The SMILES string of the molecule is CC1CC(CO)CC(C)C1=O. The van der Waals surface area contributed by atoms with Crippen LogP contribution >= 0.6 is 0 Å². The topological polar surface area (TPSA) is 37.3 Å². The van der Waals surface area contributed by atoms with Crippen LogP contribution in [0, 0.1) is 17.8 Å². The van der Waals surface area contributed by atoms with Gasteiger partial charge in [0.05, 0.1) is 0 Å².